The van der Waals surface area contributed by atoms with Crippen molar-refractivity contribution in [3.8, 4) is 11.1 Å². The number of carboxylic acids is 1. The maximum absolute atomic E-state index is 12.2. The summed E-state index contributed by atoms with van der Waals surface area (Å²) in [6.45, 7) is 0.120. The number of benzene rings is 2. The lowest BCUT2D eigenvalue weighted by Gasteiger charge is -2.34. The van der Waals surface area contributed by atoms with Gasteiger partial charge < -0.3 is 30.1 Å². The summed E-state index contributed by atoms with van der Waals surface area (Å²) in [5, 5.41) is 31.2. The van der Waals surface area contributed by atoms with E-state index < -0.39 is 36.5 Å². The third kappa shape index (κ3) is 3.89. The lowest BCUT2D eigenvalue weighted by atomic mass is 9.98. The van der Waals surface area contributed by atoms with Crippen LogP contribution >= 0.6 is 0 Å². The van der Waals surface area contributed by atoms with Crippen LogP contribution in [0.3, 0.4) is 0 Å². The van der Waals surface area contributed by atoms with Gasteiger partial charge in [-0.05, 0) is 22.3 Å². The molecular weight excluding hydrogens is 390 g/mol. The number of ether oxygens (including phenoxy) is 2. The fourth-order valence-corrected chi connectivity index (χ4v) is 4.14. The number of aliphatic carboxylic acids is 1. The summed E-state index contributed by atoms with van der Waals surface area (Å²) >= 11 is 0. The van der Waals surface area contributed by atoms with E-state index in [1.54, 1.807) is 0 Å². The van der Waals surface area contributed by atoms with Gasteiger partial charge in [-0.25, -0.2) is 9.59 Å². The average molecular weight is 413 g/mol. The Morgan fingerprint density at radius 2 is 1.63 bits per heavy atom. The van der Waals surface area contributed by atoms with Crippen molar-refractivity contribution in [2.75, 3.05) is 13.2 Å². The molecule has 1 heterocycles. The van der Waals surface area contributed by atoms with Crippen LogP contribution in [0.1, 0.15) is 23.5 Å². The predicted octanol–water partition coefficient (Wildman–Crippen LogP) is 1.49. The Balaban J connectivity index is 1.34. The van der Waals surface area contributed by atoms with Crippen molar-refractivity contribution in [2.24, 2.45) is 0 Å². The SMILES string of the molecule is O=C(NC[C@H]1C[C@@H](O)[C@@H](O)[C@@H](C(=O)O)O1)OCC1c2ccccc2-c2ccccc21. The molecule has 1 aliphatic carbocycles. The zero-order valence-corrected chi connectivity index (χ0v) is 16.1. The molecule has 4 rings (SSSR count). The number of carboxylic acid groups (broad SMARTS) is 1. The van der Waals surface area contributed by atoms with Crippen molar-refractivity contribution in [2.45, 2.75) is 36.8 Å². The number of aliphatic hydroxyl groups excluding tert-OH is 2. The molecule has 2 aromatic carbocycles. The molecule has 1 saturated heterocycles. The fourth-order valence-electron chi connectivity index (χ4n) is 4.14. The Labute approximate surface area is 173 Å². The van der Waals surface area contributed by atoms with E-state index in [2.05, 4.69) is 5.32 Å². The van der Waals surface area contributed by atoms with E-state index >= 15 is 0 Å². The third-order valence-corrected chi connectivity index (χ3v) is 5.61. The molecule has 2 aromatic rings. The van der Waals surface area contributed by atoms with Gasteiger partial charge in [-0.15, -0.1) is 0 Å². The van der Waals surface area contributed by atoms with Crippen molar-refractivity contribution in [1.29, 1.82) is 0 Å². The van der Waals surface area contributed by atoms with Crippen LogP contribution in [-0.4, -0.2) is 64.9 Å². The normalized spacial score (nSPS) is 25.3. The Hall–Kier alpha value is -2.94. The summed E-state index contributed by atoms with van der Waals surface area (Å²) in [5.74, 6) is -1.44. The molecule has 1 fully saturated rings. The summed E-state index contributed by atoms with van der Waals surface area (Å²) in [4.78, 5) is 23.3. The topological polar surface area (TPSA) is 125 Å². The van der Waals surface area contributed by atoms with Crippen molar-refractivity contribution >= 4 is 12.1 Å². The summed E-state index contributed by atoms with van der Waals surface area (Å²) in [6, 6.07) is 16.0. The second-order valence-electron chi connectivity index (χ2n) is 7.52. The van der Waals surface area contributed by atoms with Crippen LogP contribution in [-0.2, 0) is 14.3 Å². The van der Waals surface area contributed by atoms with Gasteiger partial charge in [0.15, 0.2) is 6.10 Å². The number of fused-ring (bicyclic) bond motifs is 3. The molecule has 30 heavy (non-hydrogen) atoms. The molecule has 0 unspecified atom stereocenters. The smallest absolute Gasteiger partial charge is 0.407 e. The minimum Gasteiger partial charge on any atom is -0.479 e. The van der Waals surface area contributed by atoms with Crippen molar-refractivity contribution in [1.82, 2.24) is 5.32 Å². The Kier molecular flexibility index (Phi) is 5.72. The van der Waals surface area contributed by atoms with Crippen LogP contribution in [0.5, 0.6) is 0 Å². The number of amides is 1. The molecule has 8 heteroatoms. The monoisotopic (exact) mass is 413 g/mol. The van der Waals surface area contributed by atoms with Gasteiger partial charge in [0.25, 0.3) is 0 Å². The van der Waals surface area contributed by atoms with E-state index in [0.717, 1.165) is 22.3 Å². The Morgan fingerprint density at radius 3 is 2.23 bits per heavy atom. The maximum atomic E-state index is 12.2. The van der Waals surface area contributed by atoms with Gasteiger partial charge >= 0.3 is 12.1 Å². The molecule has 0 bridgehead atoms. The Bertz CT molecular complexity index is 901. The van der Waals surface area contributed by atoms with Gasteiger partial charge in [0, 0.05) is 18.9 Å². The summed E-state index contributed by atoms with van der Waals surface area (Å²) < 4.78 is 10.7. The van der Waals surface area contributed by atoms with Gasteiger partial charge in [-0.3, -0.25) is 0 Å². The van der Waals surface area contributed by atoms with Crippen molar-refractivity contribution in [3.63, 3.8) is 0 Å². The van der Waals surface area contributed by atoms with Crippen molar-refractivity contribution in [3.05, 3.63) is 59.7 Å². The number of hydrogen-bond acceptors (Lipinski definition) is 6. The van der Waals surface area contributed by atoms with Crippen LogP contribution in [0.25, 0.3) is 11.1 Å². The molecular formula is C22H23NO7. The van der Waals surface area contributed by atoms with Gasteiger partial charge in [0.2, 0.25) is 0 Å². The first-order valence-corrected chi connectivity index (χ1v) is 9.79. The maximum Gasteiger partial charge on any atom is 0.407 e. The molecule has 2 aliphatic rings. The van der Waals surface area contributed by atoms with Crippen LogP contribution in [0.2, 0.25) is 0 Å². The molecule has 0 aromatic heterocycles. The molecule has 0 radical (unpaired) electrons. The molecule has 4 atom stereocenters. The number of hydrogen-bond donors (Lipinski definition) is 4. The minimum absolute atomic E-state index is 0.00853. The molecule has 1 aliphatic heterocycles. The van der Waals surface area contributed by atoms with E-state index in [-0.39, 0.29) is 25.5 Å². The Morgan fingerprint density at radius 1 is 1.03 bits per heavy atom. The first kappa shape index (κ1) is 20.3. The highest BCUT2D eigenvalue weighted by Gasteiger charge is 2.41. The number of aliphatic hydroxyl groups is 2. The van der Waals surface area contributed by atoms with Gasteiger partial charge in [-0.2, -0.15) is 0 Å². The molecule has 158 valence electrons. The standard InChI is InChI=1S/C22H23NO7/c24-18-9-12(30-20(19(18)25)21(26)27)10-23-22(28)29-11-17-15-7-3-1-5-13(15)14-6-2-4-8-16(14)17/h1-8,12,17-20,24-25H,9-11H2,(H,23,28)(H,26,27)/t12-,18-,19-,20+/m1/s1. The van der Waals surface area contributed by atoms with Crippen LogP contribution in [0.4, 0.5) is 4.79 Å². The summed E-state index contributed by atoms with van der Waals surface area (Å²) in [5.41, 5.74) is 4.46. The van der Waals surface area contributed by atoms with E-state index in [1.807, 2.05) is 48.5 Å². The number of carbonyl (C=O) groups is 2. The zero-order valence-electron chi connectivity index (χ0n) is 16.1. The number of nitrogens with one attached hydrogen (secondary N) is 1. The molecule has 4 N–H and O–H groups in total. The van der Waals surface area contributed by atoms with E-state index in [4.69, 9.17) is 14.6 Å². The second-order valence-corrected chi connectivity index (χ2v) is 7.52. The van der Waals surface area contributed by atoms with Gasteiger partial charge in [-0.1, -0.05) is 48.5 Å². The third-order valence-electron chi connectivity index (χ3n) is 5.61. The molecule has 0 spiro atoms. The van der Waals surface area contributed by atoms with Crippen LogP contribution in [0.15, 0.2) is 48.5 Å². The minimum atomic E-state index is -1.54. The summed E-state index contributed by atoms with van der Waals surface area (Å²) in [6.07, 6.45) is -5.68. The first-order chi connectivity index (χ1) is 14.5. The molecule has 8 nitrogen and oxygen atoms in total. The second kappa shape index (κ2) is 8.43. The van der Waals surface area contributed by atoms with E-state index in [9.17, 15) is 19.8 Å². The number of carbonyl (C=O) groups excluding carboxylic acids is 1. The van der Waals surface area contributed by atoms with E-state index in [0.29, 0.717) is 0 Å². The predicted molar refractivity (Wildman–Crippen MR) is 106 cm³/mol. The van der Waals surface area contributed by atoms with Gasteiger partial charge in [0.1, 0.15) is 12.7 Å². The number of alkyl carbamates (subject to hydrolysis) is 1. The highest BCUT2D eigenvalue weighted by atomic mass is 16.6. The summed E-state index contributed by atoms with van der Waals surface area (Å²) in [7, 11) is 0. The lowest BCUT2D eigenvalue weighted by molar-refractivity contribution is -0.192. The van der Waals surface area contributed by atoms with Gasteiger partial charge in [0.05, 0.1) is 12.2 Å². The largest absolute Gasteiger partial charge is 0.479 e. The van der Waals surface area contributed by atoms with E-state index in [1.165, 1.54) is 0 Å². The first-order valence-electron chi connectivity index (χ1n) is 9.79. The quantitative estimate of drug-likeness (QED) is 0.585. The highest BCUT2D eigenvalue weighted by molar-refractivity contribution is 5.79. The van der Waals surface area contributed by atoms with Crippen LogP contribution < -0.4 is 5.32 Å². The molecule has 0 saturated carbocycles. The zero-order chi connectivity index (χ0) is 21.3. The lowest BCUT2D eigenvalue weighted by Crippen LogP contribution is -2.54. The van der Waals surface area contributed by atoms with Crippen molar-refractivity contribution < 1.29 is 34.4 Å². The average Bonchev–Trinajstić information content (AvgIpc) is 3.06. The number of rotatable bonds is 5. The van der Waals surface area contributed by atoms with Crippen LogP contribution in [0, 0.1) is 0 Å². The molecule has 1 amide bonds. The fraction of sp³-hybridized carbons (Fsp3) is 0.364. The highest BCUT2D eigenvalue weighted by Crippen LogP contribution is 2.44.